The van der Waals surface area contributed by atoms with Crippen LogP contribution in [0, 0.1) is 17.1 Å². The number of nitriles is 1. The highest BCUT2D eigenvalue weighted by Gasteiger charge is 2.31. The molecule has 0 aliphatic carbocycles. The van der Waals surface area contributed by atoms with E-state index in [4.69, 9.17) is 16.9 Å². The zero-order valence-electron chi connectivity index (χ0n) is 10.3. The fourth-order valence-electron chi connectivity index (χ4n) is 1.67. The molecule has 0 aliphatic heterocycles. The zero-order valence-corrected chi connectivity index (χ0v) is 11.1. The lowest BCUT2D eigenvalue weighted by atomic mass is 10.1. The summed E-state index contributed by atoms with van der Waals surface area (Å²) < 4.78 is 51.4. The standard InChI is InChI=1S/C14H7ClF4N2/c15-10-2-1-3-11(16)13(10)21-12-5-4-9(14(17,18)19)6-8(12)7-20/h1-6,21H. The van der Waals surface area contributed by atoms with Gasteiger partial charge in [0.2, 0.25) is 0 Å². The molecule has 108 valence electrons. The van der Waals surface area contributed by atoms with Crippen molar-refractivity contribution in [2.24, 2.45) is 0 Å². The van der Waals surface area contributed by atoms with Crippen molar-refractivity contribution < 1.29 is 17.6 Å². The first-order chi connectivity index (χ1) is 9.82. The highest BCUT2D eigenvalue weighted by Crippen LogP contribution is 2.34. The van der Waals surface area contributed by atoms with Crippen molar-refractivity contribution in [3.8, 4) is 6.07 Å². The topological polar surface area (TPSA) is 35.8 Å². The molecule has 0 saturated heterocycles. The number of halogens is 5. The van der Waals surface area contributed by atoms with Crippen LogP contribution in [0.4, 0.5) is 28.9 Å². The van der Waals surface area contributed by atoms with E-state index in [2.05, 4.69) is 5.32 Å². The molecule has 2 rings (SSSR count). The summed E-state index contributed by atoms with van der Waals surface area (Å²) in [6.45, 7) is 0. The Kier molecular flexibility index (Phi) is 4.05. The first kappa shape index (κ1) is 15.1. The van der Waals surface area contributed by atoms with Crippen LogP contribution in [-0.4, -0.2) is 0 Å². The van der Waals surface area contributed by atoms with Crippen LogP contribution >= 0.6 is 11.6 Å². The molecule has 0 amide bonds. The zero-order chi connectivity index (χ0) is 15.6. The summed E-state index contributed by atoms with van der Waals surface area (Å²) in [5.74, 6) is -0.675. The second-order valence-electron chi connectivity index (χ2n) is 4.09. The van der Waals surface area contributed by atoms with Crippen LogP contribution in [0.2, 0.25) is 5.02 Å². The molecule has 2 aromatic rings. The summed E-state index contributed by atoms with van der Waals surface area (Å²) in [6, 6.07) is 8.15. The molecule has 0 bridgehead atoms. The van der Waals surface area contributed by atoms with Gasteiger partial charge in [0, 0.05) is 0 Å². The molecular weight excluding hydrogens is 308 g/mol. The number of hydrogen-bond donors (Lipinski definition) is 1. The Hall–Kier alpha value is -2.26. The first-order valence-corrected chi connectivity index (χ1v) is 6.03. The Morgan fingerprint density at radius 3 is 2.43 bits per heavy atom. The predicted octanol–water partition coefficient (Wildman–Crippen LogP) is 5.11. The molecule has 0 saturated carbocycles. The maximum absolute atomic E-state index is 13.6. The van der Waals surface area contributed by atoms with Crippen LogP contribution < -0.4 is 5.32 Å². The number of nitrogens with zero attached hydrogens (tertiary/aromatic N) is 1. The highest BCUT2D eigenvalue weighted by atomic mass is 35.5. The summed E-state index contributed by atoms with van der Waals surface area (Å²) in [6.07, 6.45) is -4.56. The maximum atomic E-state index is 13.6. The fraction of sp³-hybridized carbons (Fsp3) is 0.0714. The third-order valence-corrected chi connectivity index (χ3v) is 3.00. The molecule has 0 aromatic heterocycles. The van der Waals surface area contributed by atoms with Gasteiger partial charge in [-0.1, -0.05) is 17.7 Å². The second kappa shape index (κ2) is 5.62. The van der Waals surface area contributed by atoms with E-state index < -0.39 is 17.6 Å². The van der Waals surface area contributed by atoms with Gasteiger partial charge in [0.1, 0.15) is 11.9 Å². The van der Waals surface area contributed by atoms with Crippen LogP contribution in [0.1, 0.15) is 11.1 Å². The van der Waals surface area contributed by atoms with Gasteiger partial charge in [0.25, 0.3) is 0 Å². The molecule has 21 heavy (non-hydrogen) atoms. The smallest absolute Gasteiger partial charge is 0.351 e. The van der Waals surface area contributed by atoms with Gasteiger partial charge in [-0.3, -0.25) is 0 Å². The molecule has 0 fully saturated rings. The van der Waals surface area contributed by atoms with E-state index in [1.807, 2.05) is 0 Å². The summed E-state index contributed by atoms with van der Waals surface area (Å²) in [5, 5.41) is 11.5. The average Bonchev–Trinajstić information content (AvgIpc) is 2.42. The van der Waals surface area contributed by atoms with Gasteiger partial charge in [-0.05, 0) is 30.3 Å². The second-order valence-corrected chi connectivity index (χ2v) is 4.50. The number of para-hydroxylation sites is 1. The number of hydrogen-bond acceptors (Lipinski definition) is 2. The molecule has 1 N–H and O–H groups in total. The van der Waals surface area contributed by atoms with E-state index in [1.54, 1.807) is 6.07 Å². The van der Waals surface area contributed by atoms with Gasteiger partial charge in [0.15, 0.2) is 0 Å². The van der Waals surface area contributed by atoms with Gasteiger partial charge in [-0.15, -0.1) is 0 Å². The van der Waals surface area contributed by atoms with Crippen LogP contribution in [0.3, 0.4) is 0 Å². The molecule has 0 atom stereocenters. The van der Waals surface area contributed by atoms with E-state index in [-0.39, 0.29) is 22.0 Å². The van der Waals surface area contributed by atoms with Crippen LogP contribution in [-0.2, 0) is 6.18 Å². The number of alkyl halides is 3. The number of rotatable bonds is 2. The first-order valence-electron chi connectivity index (χ1n) is 5.65. The summed E-state index contributed by atoms with van der Waals surface area (Å²) >= 11 is 5.81. The van der Waals surface area contributed by atoms with Gasteiger partial charge < -0.3 is 5.32 Å². The summed E-state index contributed by atoms with van der Waals surface area (Å²) in [5.41, 5.74) is -1.28. The summed E-state index contributed by atoms with van der Waals surface area (Å²) in [4.78, 5) is 0. The van der Waals surface area contributed by atoms with E-state index >= 15 is 0 Å². The quantitative estimate of drug-likeness (QED) is 0.782. The Balaban J connectivity index is 2.44. The van der Waals surface area contributed by atoms with E-state index in [9.17, 15) is 17.6 Å². The van der Waals surface area contributed by atoms with Crippen molar-refractivity contribution >= 4 is 23.0 Å². The maximum Gasteiger partial charge on any atom is 0.416 e. The summed E-state index contributed by atoms with van der Waals surface area (Å²) in [7, 11) is 0. The molecule has 2 aromatic carbocycles. The lowest BCUT2D eigenvalue weighted by molar-refractivity contribution is -0.137. The average molecular weight is 315 g/mol. The van der Waals surface area contributed by atoms with Gasteiger partial charge in [-0.25, -0.2) is 4.39 Å². The lowest BCUT2D eigenvalue weighted by Crippen LogP contribution is -2.06. The van der Waals surface area contributed by atoms with E-state index in [1.165, 1.54) is 12.1 Å². The van der Waals surface area contributed by atoms with E-state index in [0.717, 1.165) is 18.2 Å². The third kappa shape index (κ3) is 3.26. The van der Waals surface area contributed by atoms with Crippen molar-refractivity contribution in [3.63, 3.8) is 0 Å². The molecule has 7 heteroatoms. The number of anilines is 2. The van der Waals surface area contributed by atoms with Crippen molar-refractivity contribution in [2.75, 3.05) is 5.32 Å². The molecule has 0 spiro atoms. The van der Waals surface area contributed by atoms with Crippen molar-refractivity contribution in [1.29, 1.82) is 5.26 Å². The molecule has 0 unspecified atom stereocenters. The molecule has 0 aliphatic rings. The number of nitrogens with one attached hydrogen (secondary N) is 1. The minimum Gasteiger partial charge on any atom is -0.351 e. The Bertz CT molecular complexity index is 700. The van der Waals surface area contributed by atoms with Crippen LogP contribution in [0.15, 0.2) is 36.4 Å². The fourth-order valence-corrected chi connectivity index (χ4v) is 1.88. The monoisotopic (exact) mass is 314 g/mol. The highest BCUT2D eigenvalue weighted by molar-refractivity contribution is 6.33. The molecule has 2 nitrogen and oxygen atoms in total. The molecular formula is C14H7ClF4N2. The molecule has 0 heterocycles. The Morgan fingerprint density at radius 1 is 1.14 bits per heavy atom. The van der Waals surface area contributed by atoms with Crippen LogP contribution in [0.5, 0.6) is 0 Å². The lowest BCUT2D eigenvalue weighted by Gasteiger charge is -2.13. The van der Waals surface area contributed by atoms with Crippen molar-refractivity contribution in [1.82, 2.24) is 0 Å². The molecule has 0 radical (unpaired) electrons. The predicted molar refractivity (Wildman–Crippen MR) is 70.9 cm³/mol. The van der Waals surface area contributed by atoms with Gasteiger partial charge in [-0.2, -0.15) is 18.4 Å². The Morgan fingerprint density at radius 2 is 1.86 bits per heavy atom. The number of benzene rings is 2. The normalized spacial score (nSPS) is 11.0. The minimum absolute atomic E-state index is 0.0394. The van der Waals surface area contributed by atoms with Crippen molar-refractivity contribution in [2.45, 2.75) is 6.18 Å². The van der Waals surface area contributed by atoms with Crippen molar-refractivity contribution in [3.05, 3.63) is 58.4 Å². The Labute approximate surface area is 122 Å². The third-order valence-electron chi connectivity index (χ3n) is 2.69. The van der Waals surface area contributed by atoms with Crippen LogP contribution in [0.25, 0.3) is 0 Å². The SMILES string of the molecule is N#Cc1cc(C(F)(F)F)ccc1Nc1c(F)cccc1Cl. The largest absolute Gasteiger partial charge is 0.416 e. The minimum atomic E-state index is -4.56. The van der Waals surface area contributed by atoms with E-state index in [0.29, 0.717) is 6.07 Å². The van der Waals surface area contributed by atoms with Gasteiger partial charge in [0.05, 0.1) is 27.5 Å². The van der Waals surface area contributed by atoms with Gasteiger partial charge >= 0.3 is 6.18 Å².